The number of carbonyl (C=O) groups excluding carboxylic acids is 2. The van der Waals surface area contributed by atoms with E-state index in [2.05, 4.69) is 20.6 Å². The number of amides is 2. The number of rotatable bonds is 7. The van der Waals surface area contributed by atoms with Crippen LogP contribution in [-0.4, -0.2) is 42.1 Å². The standard InChI is InChI=1S/C21H24FN7O3/c1-3-19(28-20(23)24)27-13-4-7-18(26-9-13)16-6-5-14(8-17(16)22)29-11-15(32-21(29)31)10-25-12(2)30/h3-9,15,27H,10-11H2,1-2H3,(H,25,30)(H4,23,24,28)/b19-3-. The van der Waals surface area contributed by atoms with E-state index >= 15 is 0 Å². The van der Waals surface area contributed by atoms with Gasteiger partial charge in [0.1, 0.15) is 17.7 Å². The number of anilines is 2. The zero-order valence-electron chi connectivity index (χ0n) is 17.6. The maximum atomic E-state index is 14.8. The van der Waals surface area contributed by atoms with Gasteiger partial charge in [0.2, 0.25) is 5.91 Å². The normalized spacial score (nSPS) is 15.8. The highest BCUT2D eigenvalue weighted by Crippen LogP contribution is 2.28. The Hall–Kier alpha value is -4.15. The monoisotopic (exact) mass is 441 g/mol. The molecule has 2 aromatic rings. The number of halogens is 1. The molecule has 0 bridgehead atoms. The summed E-state index contributed by atoms with van der Waals surface area (Å²) in [5.41, 5.74) is 12.4. The van der Waals surface area contributed by atoms with E-state index < -0.39 is 18.0 Å². The Labute approximate surface area is 184 Å². The highest BCUT2D eigenvalue weighted by Gasteiger charge is 2.32. The third-order valence-electron chi connectivity index (χ3n) is 4.55. The van der Waals surface area contributed by atoms with Crippen molar-refractivity contribution >= 4 is 29.3 Å². The number of allylic oxidation sites excluding steroid dienone is 1. The fourth-order valence-electron chi connectivity index (χ4n) is 3.05. The van der Waals surface area contributed by atoms with Crippen LogP contribution in [0.1, 0.15) is 13.8 Å². The van der Waals surface area contributed by atoms with E-state index in [1.165, 1.54) is 24.1 Å². The number of aliphatic imine (C=N–C) groups is 1. The molecular weight excluding hydrogens is 417 g/mol. The van der Waals surface area contributed by atoms with Crippen molar-refractivity contribution in [2.24, 2.45) is 16.5 Å². The van der Waals surface area contributed by atoms with Crippen LogP contribution in [0.5, 0.6) is 0 Å². The minimum absolute atomic E-state index is 0.0827. The number of nitrogens with zero attached hydrogens (tertiary/aromatic N) is 3. The van der Waals surface area contributed by atoms with Gasteiger partial charge in [-0.1, -0.05) is 0 Å². The van der Waals surface area contributed by atoms with Crippen molar-refractivity contribution in [3.8, 4) is 11.3 Å². The van der Waals surface area contributed by atoms with Crippen LogP contribution in [0.25, 0.3) is 11.3 Å². The quantitative estimate of drug-likeness (QED) is 0.379. The van der Waals surface area contributed by atoms with Crippen LogP contribution in [0.4, 0.5) is 20.6 Å². The van der Waals surface area contributed by atoms with Crippen molar-refractivity contribution in [3.05, 3.63) is 54.2 Å². The molecule has 0 radical (unpaired) electrons. The molecule has 0 saturated carbocycles. The van der Waals surface area contributed by atoms with Crippen LogP contribution in [-0.2, 0) is 9.53 Å². The number of cyclic esters (lactones) is 1. The van der Waals surface area contributed by atoms with Gasteiger partial charge in [0.15, 0.2) is 5.96 Å². The number of carbonyl (C=O) groups is 2. The average Bonchev–Trinajstić information content (AvgIpc) is 3.12. The predicted molar refractivity (Wildman–Crippen MR) is 119 cm³/mol. The number of nitrogens with two attached hydrogens (primary N) is 2. The lowest BCUT2D eigenvalue weighted by Gasteiger charge is -2.14. The van der Waals surface area contributed by atoms with Gasteiger partial charge in [-0.25, -0.2) is 9.18 Å². The number of hydrogen-bond acceptors (Lipinski definition) is 6. The second kappa shape index (κ2) is 9.77. The van der Waals surface area contributed by atoms with Crippen molar-refractivity contribution in [1.82, 2.24) is 10.3 Å². The summed E-state index contributed by atoms with van der Waals surface area (Å²) in [7, 11) is 0. The number of benzene rings is 1. The highest BCUT2D eigenvalue weighted by atomic mass is 19.1. The number of pyridine rings is 1. The van der Waals surface area contributed by atoms with Gasteiger partial charge in [-0.2, -0.15) is 4.99 Å². The summed E-state index contributed by atoms with van der Waals surface area (Å²) in [6.07, 6.45) is 2.12. The zero-order chi connectivity index (χ0) is 23.3. The van der Waals surface area contributed by atoms with E-state index in [-0.39, 0.29) is 30.5 Å². The number of nitrogens with one attached hydrogen (secondary N) is 2. The van der Waals surface area contributed by atoms with Crippen molar-refractivity contribution in [2.75, 3.05) is 23.3 Å². The second-order valence-corrected chi connectivity index (χ2v) is 6.99. The van der Waals surface area contributed by atoms with Crippen molar-refractivity contribution in [2.45, 2.75) is 20.0 Å². The molecule has 3 rings (SSSR count). The molecule has 1 aromatic carbocycles. The van der Waals surface area contributed by atoms with Gasteiger partial charge in [0.25, 0.3) is 0 Å². The summed E-state index contributed by atoms with van der Waals surface area (Å²) in [6.45, 7) is 3.55. The molecule has 0 aliphatic carbocycles. The van der Waals surface area contributed by atoms with Crippen LogP contribution in [0.15, 0.2) is 53.4 Å². The summed E-state index contributed by atoms with van der Waals surface area (Å²) in [5, 5.41) is 5.60. The number of guanidine groups is 1. The van der Waals surface area contributed by atoms with E-state index in [1.54, 1.807) is 37.3 Å². The van der Waals surface area contributed by atoms with Gasteiger partial charge >= 0.3 is 6.09 Å². The average molecular weight is 441 g/mol. The van der Waals surface area contributed by atoms with Crippen molar-refractivity contribution in [1.29, 1.82) is 0 Å². The molecule has 10 nitrogen and oxygen atoms in total. The molecule has 1 saturated heterocycles. The maximum Gasteiger partial charge on any atom is 0.414 e. The third kappa shape index (κ3) is 5.50. The largest absolute Gasteiger partial charge is 0.442 e. The van der Waals surface area contributed by atoms with E-state index in [0.717, 1.165) is 0 Å². The van der Waals surface area contributed by atoms with Crippen LogP contribution in [0, 0.1) is 5.82 Å². The van der Waals surface area contributed by atoms with Crippen LogP contribution in [0.2, 0.25) is 0 Å². The Kier molecular flexibility index (Phi) is 6.88. The molecule has 168 valence electrons. The Bertz CT molecular complexity index is 1070. The molecule has 1 aliphatic heterocycles. The molecule has 1 aliphatic rings. The lowest BCUT2D eigenvalue weighted by atomic mass is 10.1. The molecule has 6 N–H and O–H groups in total. The van der Waals surface area contributed by atoms with Gasteiger partial charge in [-0.3, -0.25) is 14.7 Å². The summed E-state index contributed by atoms with van der Waals surface area (Å²) < 4.78 is 20.0. The SMILES string of the molecule is C/C=C(\N=C(N)N)Nc1ccc(-c2ccc(N3CC(CNC(C)=O)OC3=O)cc2F)nc1. The molecule has 1 unspecified atom stereocenters. The van der Waals surface area contributed by atoms with E-state index in [9.17, 15) is 14.0 Å². The second-order valence-electron chi connectivity index (χ2n) is 6.99. The Morgan fingerprint density at radius 3 is 2.75 bits per heavy atom. The van der Waals surface area contributed by atoms with Crippen LogP contribution in [0.3, 0.4) is 0 Å². The number of hydrogen-bond donors (Lipinski definition) is 4. The first-order valence-electron chi connectivity index (χ1n) is 9.78. The number of ether oxygens (including phenoxy) is 1. The Morgan fingerprint density at radius 2 is 2.16 bits per heavy atom. The zero-order valence-corrected chi connectivity index (χ0v) is 17.6. The summed E-state index contributed by atoms with van der Waals surface area (Å²) in [4.78, 5) is 32.7. The lowest BCUT2D eigenvalue weighted by molar-refractivity contribution is -0.119. The highest BCUT2D eigenvalue weighted by molar-refractivity contribution is 5.90. The molecule has 32 heavy (non-hydrogen) atoms. The first-order valence-corrected chi connectivity index (χ1v) is 9.78. The molecule has 1 aromatic heterocycles. The summed E-state index contributed by atoms with van der Waals surface area (Å²) >= 11 is 0. The Morgan fingerprint density at radius 1 is 1.38 bits per heavy atom. The molecular formula is C21H24FN7O3. The fraction of sp³-hybridized carbons (Fsp3) is 0.238. The van der Waals surface area contributed by atoms with E-state index in [1.807, 2.05) is 0 Å². The molecule has 0 spiro atoms. The van der Waals surface area contributed by atoms with E-state index in [4.69, 9.17) is 16.2 Å². The summed E-state index contributed by atoms with van der Waals surface area (Å²) in [6, 6.07) is 7.78. The van der Waals surface area contributed by atoms with E-state index in [0.29, 0.717) is 22.9 Å². The lowest BCUT2D eigenvalue weighted by Crippen LogP contribution is -2.33. The van der Waals surface area contributed by atoms with Gasteiger partial charge in [0, 0.05) is 12.5 Å². The molecule has 11 heteroatoms. The van der Waals surface area contributed by atoms with Gasteiger partial charge in [0.05, 0.1) is 36.4 Å². The van der Waals surface area contributed by atoms with Crippen molar-refractivity contribution < 1.29 is 18.7 Å². The maximum absolute atomic E-state index is 14.8. The Balaban J connectivity index is 1.72. The number of aromatic nitrogens is 1. The van der Waals surface area contributed by atoms with Crippen LogP contribution >= 0.6 is 0 Å². The first kappa shape index (κ1) is 22.5. The molecule has 2 heterocycles. The van der Waals surface area contributed by atoms with Crippen LogP contribution < -0.4 is 27.0 Å². The van der Waals surface area contributed by atoms with Gasteiger partial charge in [-0.15, -0.1) is 0 Å². The minimum atomic E-state index is -0.596. The molecule has 2 amide bonds. The van der Waals surface area contributed by atoms with Gasteiger partial charge in [-0.05, 0) is 43.3 Å². The van der Waals surface area contributed by atoms with Gasteiger partial charge < -0.3 is 26.8 Å². The topological polar surface area (TPSA) is 148 Å². The predicted octanol–water partition coefficient (Wildman–Crippen LogP) is 1.90. The third-order valence-corrected chi connectivity index (χ3v) is 4.55. The summed E-state index contributed by atoms with van der Waals surface area (Å²) in [5.74, 6) is -0.393. The van der Waals surface area contributed by atoms with Crippen molar-refractivity contribution in [3.63, 3.8) is 0 Å². The first-order chi connectivity index (χ1) is 15.3. The fourth-order valence-corrected chi connectivity index (χ4v) is 3.05. The minimum Gasteiger partial charge on any atom is -0.442 e. The smallest absolute Gasteiger partial charge is 0.414 e. The molecule has 1 atom stereocenters. The molecule has 1 fully saturated rings.